The molecule has 1 aliphatic carbocycles. The van der Waals surface area contributed by atoms with Gasteiger partial charge in [-0.05, 0) is 48.0 Å². The van der Waals surface area contributed by atoms with Crippen LogP contribution in [0.15, 0.2) is 30.3 Å². The first-order valence-electron chi connectivity index (χ1n) is 6.81. The minimum atomic E-state index is -0.860. The van der Waals surface area contributed by atoms with Gasteiger partial charge in [-0.25, -0.2) is 4.79 Å². The smallest absolute Gasteiger partial charge is 0.328 e. The van der Waals surface area contributed by atoms with E-state index in [-0.39, 0.29) is 5.41 Å². The van der Waals surface area contributed by atoms with Crippen LogP contribution in [0, 0.1) is 0 Å². The van der Waals surface area contributed by atoms with Crippen molar-refractivity contribution >= 4 is 11.5 Å². The van der Waals surface area contributed by atoms with Crippen LogP contribution in [0.25, 0.3) is 5.57 Å². The zero-order valence-corrected chi connectivity index (χ0v) is 11.6. The molecule has 2 rings (SSSR count). The van der Waals surface area contributed by atoms with Crippen molar-refractivity contribution in [1.82, 2.24) is 5.32 Å². The molecule has 1 atom stereocenters. The predicted molar refractivity (Wildman–Crippen MR) is 77.2 cm³/mol. The molecule has 0 bridgehead atoms. The second kappa shape index (κ2) is 5.57. The van der Waals surface area contributed by atoms with Crippen LogP contribution >= 0.6 is 0 Å². The topological polar surface area (TPSA) is 49.3 Å². The molecular formula is C16H21NO2. The second-order valence-electron chi connectivity index (χ2n) is 5.39. The van der Waals surface area contributed by atoms with E-state index in [9.17, 15) is 4.79 Å². The van der Waals surface area contributed by atoms with Gasteiger partial charge in [0.1, 0.15) is 0 Å². The number of allylic oxidation sites excluding steroid dienone is 1. The van der Waals surface area contributed by atoms with Crippen LogP contribution in [0.3, 0.4) is 0 Å². The third-order valence-electron chi connectivity index (χ3n) is 3.91. The maximum atomic E-state index is 10.9. The molecule has 3 heteroatoms. The highest BCUT2D eigenvalue weighted by molar-refractivity contribution is 5.92. The number of fused-ring (bicyclic) bond motifs is 1. The van der Waals surface area contributed by atoms with Gasteiger partial charge in [0.25, 0.3) is 0 Å². The number of benzene rings is 1. The molecule has 0 saturated heterocycles. The SMILES string of the molecule is CCNCCC1(C)C/C(=C\C(=O)O)c2ccccc21. The van der Waals surface area contributed by atoms with Crippen LogP contribution in [0.2, 0.25) is 0 Å². The van der Waals surface area contributed by atoms with Crippen molar-refractivity contribution in [3.63, 3.8) is 0 Å². The minimum absolute atomic E-state index is 0.0417. The summed E-state index contributed by atoms with van der Waals surface area (Å²) in [5, 5.41) is 12.3. The molecule has 0 saturated carbocycles. The molecular weight excluding hydrogens is 238 g/mol. The van der Waals surface area contributed by atoms with Gasteiger partial charge in [-0.1, -0.05) is 38.1 Å². The first-order valence-corrected chi connectivity index (χ1v) is 6.81. The first-order chi connectivity index (χ1) is 9.07. The largest absolute Gasteiger partial charge is 0.478 e. The summed E-state index contributed by atoms with van der Waals surface area (Å²) >= 11 is 0. The number of aliphatic carboxylic acids is 1. The molecule has 19 heavy (non-hydrogen) atoms. The lowest BCUT2D eigenvalue weighted by Crippen LogP contribution is -2.25. The number of hydrogen-bond acceptors (Lipinski definition) is 2. The summed E-state index contributed by atoms with van der Waals surface area (Å²) in [6.45, 7) is 6.25. The molecule has 1 aliphatic rings. The van der Waals surface area contributed by atoms with Gasteiger partial charge in [0.15, 0.2) is 0 Å². The standard InChI is InChI=1S/C16H21NO2/c1-3-17-9-8-16(2)11-12(10-15(18)19)13-6-4-5-7-14(13)16/h4-7,10,17H,3,8-9,11H2,1-2H3,(H,18,19)/b12-10+. The number of nitrogens with one attached hydrogen (secondary N) is 1. The fraction of sp³-hybridized carbons (Fsp3) is 0.438. The van der Waals surface area contributed by atoms with Gasteiger partial charge in [-0.15, -0.1) is 0 Å². The summed E-state index contributed by atoms with van der Waals surface area (Å²) in [5.41, 5.74) is 3.37. The molecule has 0 fully saturated rings. The van der Waals surface area contributed by atoms with Gasteiger partial charge in [0, 0.05) is 6.08 Å². The summed E-state index contributed by atoms with van der Waals surface area (Å²) in [7, 11) is 0. The van der Waals surface area contributed by atoms with Crippen LogP contribution in [-0.4, -0.2) is 24.2 Å². The van der Waals surface area contributed by atoms with Crippen molar-refractivity contribution in [3.05, 3.63) is 41.5 Å². The maximum absolute atomic E-state index is 10.9. The number of rotatable bonds is 5. The highest BCUT2D eigenvalue weighted by atomic mass is 16.4. The Kier molecular flexibility index (Phi) is 4.05. The van der Waals surface area contributed by atoms with E-state index in [1.807, 2.05) is 18.2 Å². The lowest BCUT2D eigenvalue weighted by atomic mass is 9.81. The molecule has 1 aromatic rings. The normalized spacial score (nSPS) is 23.6. The Morgan fingerprint density at radius 1 is 1.47 bits per heavy atom. The fourth-order valence-electron chi connectivity index (χ4n) is 2.94. The lowest BCUT2D eigenvalue weighted by molar-refractivity contribution is -0.131. The molecule has 2 N–H and O–H groups in total. The zero-order valence-electron chi connectivity index (χ0n) is 11.6. The van der Waals surface area contributed by atoms with Gasteiger partial charge in [0.2, 0.25) is 0 Å². The van der Waals surface area contributed by atoms with Crippen LogP contribution in [0.4, 0.5) is 0 Å². The first kappa shape index (κ1) is 13.8. The average Bonchev–Trinajstić information content (AvgIpc) is 2.63. The van der Waals surface area contributed by atoms with E-state index in [1.165, 1.54) is 11.6 Å². The van der Waals surface area contributed by atoms with Crippen molar-refractivity contribution in [2.75, 3.05) is 13.1 Å². The number of hydrogen-bond donors (Lipinski definition) is 2. The highest BCUT2D eigenvalue weighted by Crippen LogP contribution is 2.47. The Labute approximate surface area is 114 Å². The van der Waals surface area contributed by atoms with E-state index in [4.69, 9.17) is 5.11 Å². The van der Waals surface area contributed by atoms with Crippen LogP contribution < -0.4 is 5.32 Å². The molecule has 0 amide bonds. The number of carbonyl (C=O) groups is 1. The predicted octanol–water partition coefficient (Wildman–Crippen LogP) is 2.82. The molecule has 1 unspecified atom stereocenters. The quantitative estimate of drug-likeness (QED) is 0.631. The molecule has 102 valence electrons. The number of carboxylic acid groups (broad SMARTS) is 1. The van der Waals surface area contributed by atoms with Gasteiger partial charge in [-0.2, -0.15) is 0 Å². The summed E-state index contributed by atoms with van der Waals surface area (Å²) in [6.07, 6.45) is 3.19. The van der Waals surface area contributed by atoms with E-state index in [1.54, 1.807) is 0 Å². The lowest BCUT2D eigenvalue weighted by Gasteiger charge is -2.25. The monoisotopic (exact) mass is 259 g/mol. The van der Waals surface area contributed by atoms with Crippen molar-refractivity contribution < 1.29 is 9.90 Å². The van der Waals surface area contributed by atoms with Crippen LogP contribution in [-0.2, 0) is 10.2 Å². The number of carboxylic acids is 1. The van der Waals surface area contributed by atoms with Crippen molar-refractivity contribution in [2.24, 2.45) is 0 Å². The summed E-state index contributed by atoms with van der Waals surface area (Å²) < 4.78 is 0. The zero-order chi connectivity index (χ0) is 13.9. The maximum Gasteiger partial charge on any atom is 0.328 e. The molecule has 0 radical (unpaired) electrons. The molecule has 1 aromatic carbocycles. The Balaban J connectivity index is 2.32. The Morgan fingerprint density at radius 2 is 2.21 bits per heavy atom. The summed E-state index contributed by atoms with van der Waals surface area (Å²) in [5.74, 6) is -0.860. The molecule has 0 heterocycles. The van der Waals surface area contributed by atoms with E-state index in [0.29, 0.717) is 0 Å². The Bertz CT molecular complexity index is 507. The fourth-order valence-corrected chi connectivity index (χ4v) is 2.94. The molecule has 3 nitrogen and oxygen atoms in total. The average molecular weight is 259 g/mol. The molecule has 0 aliphatic heterocycles. The molecule has 0 aromatic heterocycles. The van der Waals surface area contributed by atoms with E-state index in [0.717, 1.165) is 37.1 Å². The molecule has 0 spiro atoms. The van der Waals surface area contributed by atoms with Crippen LogP contribution in [0.1, 0.15) is 37.8 Å². The van der Waals surface area contributed by atoms with Gasteiger partial charge in [-0.3, -0.25) is 0 Å². The Hall–Kier alpha value is -1.61. The highest BCUT2D eigenvalue weighted by Gasteiger charge is 2.36. The van der Waals surface area contributed by atoms with Crippen molar-refractivity contribution in [3.8, 4) is 0 Å². The van der Waals surface area contributed by atoms with Gasteiger partial charge in [0.05, 0.1) is 0 Å². The minimum Gasteiger partial charge on any atom is -0.478 e. The summed E-state index contributed by atoms with van der Waals surface area (Å²) in [4.78, 5) is 10.9. The van der Waals surface area contributed by atoms with E-state index >= 15 is 0 Å². The van der Waals surface area contributed by atoms with Gasteiger partial charge >= 0.3 is 5.97 Å². The second-order valence-corrected chi connectivity index (χ2v) is 5.39. The third kappa shape index (κ3) is 2.87. The van der Waals surface area contributed by atoms with Gasteiger partial charge < -0.3 is 10.4 Å². The Morgan fingerprint density at radius 3 is 2.89 bits per heavy atom. The third-order valence-corrected chi connectivity index (χ3v) is 3.91. The van der Waals surface area contributed by atoms with Crippen molar-refractivity contribution in [2.45, 2.75) is 32.1 Å². The summed E-state index contributed by atoms with van der Waals surface area (Å²) in [6, 6.07) is 8.17. The van der Waals surface area contributed by atoms with E-state index in [2.05, 4.69) is 25.2 Å². The van der Waals surface area contributed by atoms with Crippen LogP contribution in [0.5, 0.6) is 0 Å². The van der Waals surface area contributed by atoms with Crippen molar-refractivity contribution in [1.29, 1.82) is 0 Å². The van der Waals surface area contributed by atoms with E-state index < -0.39 is 5.97 Å².